The van der Waals surface area contributed by atoms with Gasteiger partial charge in [-0.05, 0) is 6.92 Å². The number of likely N-dealkylation sites (N-methyl/N-ethyl adjacent to an activating group) is 1. The van der Waals surface area contributed by atoms with Gasteiger partial charge in [0.25, 0.3) is 11.9 Å². The lowest BCUT2D eigenvalue weighted by molar-refractivity contribution is -0.141. The lowest BCUT2D eigenvalue weighted by atomic mass is 10.5. The molecule has 0 radical (unpaired) electrons. The van der Waals surface area contributed by atoms with E-state index in [1.54, 1.807) is 14.0 Å². The molecule has 0 bridgehead atoms. The molecule has 2 N–H and O–H groups in total. The average molecular weight is 286 g/mol. The molecule has 0 aliphatic carbocycles. The van der Waals surface area contributed by atoms with Gasteiger partial charge in [0.2, 0.25) is 5.95 Å². The molecule has 0 saturated heterocycles. The maximum atomic E-state index is 11.4. The minimum Gasteiger partial charge on any atom is -0.465 e. The highest BCUT2D eigenvalue weighted by Gasteiger charge is 2.16. The van der Waals surface area contributed by atoms with Crippen LogP contribution in [0, 0.1) is 0 Å². The summed E-state index contributed by atoms with van der Waals surface area (Å²) >= 11 is 0. The van der Waals surface area contributed by atoms with Crippen LogP contribution in [-0.2, 0) is 9.53 Å². The number of hydrogen-bond donors (Lipinski definition) is 2. The molecule has 10 nitrogen and oxygen atoms in total. The number of anilines is 3. The van der Waals surface area contributed by atoms with E-state index in [9.17, 15) is 15.2 Å². The Kier molecular flexibility index (Phi) is 5.41. The standard InChI is InChI=1S/C10H18N6O4/c1-5-20-7(17)6-14(2)8-11-9(15(3)18)13-10(12-8)16(4)19/h18-19H,5-6H2,1-4H3. The largest absolute Gasteiger partial charge is 0.465 e. The van der Waals surface area contributed by atoms with Crippen molar-refractivity contribution in [1.29, 1.82) is 0 Å². The van der Waals surface area contributed by atoms with Crippen LogP contribution in [0.3, 0.4) is 0 Å². The average Bonchev–Trinajstić information content (AvgIpc) is 2.38. The molecule has 0 spiro atoms. The van der Waals surface area contributed by atoms with Gasteiger partial charge in [-0.1, -0.05) is 0 Å². The Bertz CT molecular complexity index is 441. The van der Waals surface area contributed by atoms with E-state index in [0.717, 1.165) is 0 Å². The Morgan fingerprint density at radius 3 is 1.90 bits per heavy atom. The predicted octanol–water partition coefficient (Wildman–Crippen LogP) is -0.478. The van der Waals surface area contributed by atoms with E-state index in [-0.39, 0.29) is 31.0 Å². The summed E-state index contributed by atoms with van der Waals surface area (Å²) in [6.07, 6.45) is 0. The fourth-order valence-electron chi connectivity index (χ4n) is 1.27. The lowest BCUT2D eigenvalue weighted by Crippen LogP contribution is -2.30. The van der Waals surface area contributed by atoms with E-state index >= 15 is 0 Å². The highest BCUT2D eigenvalue weighted by atomic mass is 16.5. The van der Waals surface area contributed by atoms with Crippen LogP contribution in [0.2, 0.25) is 0 Å². The molecular formula is C10H18N6O4. The Labute approximate surface area is 116 Å². The first-order chi connectivity index (χ1) is 9.35. The summed E-state index contributed by atoms with van der Waals surface area (Å²) in [6.45, 7) is 1.92. The van der Waals surface area contributed by atoms with E-state index in [1.165, 1.54) is 19.0 Å². The molecule has 0 aromatic carbocycles. The Morgan fingerprint density at radius 2 is 1.50 bits per heavy atom. The van der Waals surface area contributed by atoms with Crippen molar-refractivity contribution in [2.45, 2.75) is 6.92 Å². The van der Waals surface area contributed by atoms with Crippen LogP contribution in [0.5, 0.6) is 0 Å². The first-order valence-corrected chi connectivity index (χ1v) is 5.83. The molecule has 1 heterocycles. The summed E-state index contributed by atoms with van der Waals surface area (Å²) in [5, 5.41) is 20.1. The maximum Gasteiger partial charge on any atom is 0.325 e. The van der Waals surface area contributed by atoms with Crippen LogP contribution in [0.4, 0.5) is 17.8 Å². The van der Waals surface area contributed by atoms with E-state index < -0.39 is 5.97 Å². The first kappa shape index (κ1) is 15.9. The van der Waals surface area contributed by atoms with Gasteiger partial charge in [-0.15, -0.1) is 0 Å². The van der Waals surface area contributed by atoms with Crippen molar-refractivity contribution in [3.8, 4) is 0 Å². The zero-order valence-electron chi connectivity index (χ0n) is 11.8. The normalized spacial score (nSPS) is 10.1. The number of nitrogens with zero attached hydrogens (tertiary/aromatic N) is 6. The first-order valence-electron chi connectivity index (χ1n) is 5.83. The number of esters is 1. The fraction of sp³-hybridized carbons (Fsp3) is 0.600. The molecule has 1 aromatic rings. The van der Waals surface area contributed by atoms with Gasteiger partial charge in [0.15, 0.2) is 0 Å². The molecule has 10 heteroatoms. The minimum atomic E-state index is -0.437. The van der Waals surface area contributed by atoms with E-state index in [4.69, 9.17) is 4.74 Å². The second-order valence-electron chi connectivity index (χ2n) is 3.94. The molecule has 0 aliphatic rings. The quantitative estimate of drug-likeness (QED) is 0.524. The Balaban J connectivity index is 3.00. The summed E-state index contributed by atoms with van der Waals surface area (Å²) in [6, 6.07) is 0. The monoisotopic (exact) mass is 286 g/mol. The molecule has 0 amide bonds. The van der Waals surface area contributed by atoms with E-state index in [1.807, 2.05) is 0 Å². The van der Waals surface area contributed by atoms with E-state index in [0.29, 0.717) is 10.1 Å². The number of carbonyl (C=O) groups excluding carboxylic acids is 1. The van der Waals surface area contributed by atoms with Crippen molar-refractivity contribution in [3.05, 3.63) is 0 Å². The van der Waals surface area contributed by atoms with Crippen molar-refractivity contribution in [2.24, 2.45) is 0 Å². The molecule has 0 unspecified atom stereocenters. The minimum absolute atomic E-state index is 0.0680. The molecule has 0 aliphatic heterocycles. The van der Waals surface area contributed by atoms with Gasteiger partial charge >= 0.3 is 5.97 Å². The third-order valence-corrected chi connectivity index (χ3v) is 2.19. The van der Waals surface area contributed by atoms with Gasteiger partial charge in [-0.3, -0.25) is 15.2 Å². The van der Waals surface area contributed by atoms with E-state index in [2.05, 4.69) is 15.0 Å². The number of ether oxygens (including phenoxy) is 1. The van der Waals surface area contributed by atoms with Crippen LogP contribution in [0.25, 0.3) is 0 Å². The van der Waals surface area contributed by atoms with Gasteiger partial charge < -0.3 is 9.64 Å². The van der Waals surface area contributed by atoms with Crippen LogP contribution in [0.15, 0.2) is 0 Å². The highest BCUT2D eigenvalue weighted by Crippen LogP contribution is 2.15. The topological polar surface area (TPSA) is 115 Å². The van der Waals surface area contributed by atoms with Crippen molar-refractivity contribution in [1.82, 2.24) is 15.0 Å². The molecule has 0 saturated carbocycles. The van der Waals surface area contributed by atoms with Crippen LogP contribution in [-0.4, -0.2) is 65.6 Å². The molecule has 1 aromatic heterocycles. The van der Waals surface area contributed by atoms with Crippen molar-refractivity contribution >= 4 is 23.8 Å². The summed E-state index contributed by atoms with van der Waals surface area (Å²) in [5.41, 5.74) is 0. The van der Waals surface area contributed by atoms with Crippen molar-refractivity contribution in [3.63, 3.8) is 0 Å². The van der Waals surface area contributed by atoms with Crippen LogP contribution in [0.1, 0.15) is 6.92 Å². The molecule has 0 atom stereocenters. The third kappa shape index (κ3) is 4.17. The van der Waals surface area contributed by atoms with Gasteiger partial charge in [0, 0.05) is 21.1 Å². The zero-order chi connectivity index (χ0) is 15.3. The fourth-order valence-corrected chi connectivity index (χ4v) is 1.27. The van der Waals surface area contributed by atoms with Gasteiger partial charge in [-0.25, -0.2) is 10.1 Å². The van der Waals surface area contributed by atoms with Crippen molar-refractivity contribution < 1.29 is 19.9 Å². The predicted molar refractivity (Wildman–Crippen MR) is 70.1 cm³/mol. The molecular weight excluding hydrogens is 268 g/mol. The number of carbonyl (C=O) groups is 1. The Morgan fingerprint density at radius 1 is 1.05 bits per heavy atom. The third-order valence-electron chi connectivity index (χ3n) is 2.19. The molecule has 0 fully saturated rings. The van der Waals surface area contributed by atoms with Crippen molar-refractivity contribution in [2.75, 3.05) is 49.3 Å². The highest BCUT2D eigenvalue weighted by molar-refractivity contribution is 5.74. The lowest BCUT2D eigenvalue weighted by Gasteiger charge is -2.19. The van der Waals surface area contributed by atoms with Crippen LogP contribution >= 0.6 is 0 Å². The summed E-state index contributed by atoms with van der Waals surface area (Å²) in [4.78, 5) is 24.6. The molecule has 20 heavy (non-hydrogen) atoms. The summed E-state index contributed by atoms with van der Waals surface area (Å²) in [7, 11) is 4.23. The summed E-state index contributed by atoms with van der Waals surface area (Å²) in [5.74, 6) is -0.462. The SMILES string of the molecule is CCOC(=O)CN(C)c1nc(N(C)O)nc(N(C)O)n1. The number of hydroxylamine groups is 2. The maximum absolute atomic E-state index is 11.4. The van der Waals surface area contributed by atoms with Crippen LogP contribution < -0.4 is 15.0 Å². The number of rotatable bonds is 6. The second kappa shape index (κ2) is 6.82. The smallest absolute Gasteiger partial charge is 0.325 e. The van der Waals surface area contributed by atoms with Gasteiger partial charge in [0.05, 0.1) is 6.61 Å². The van der Waals surface area contributed by atoms with Gasteiger partial charge in [-0.2, -0.15) is 15.0 Å². The number of hydrogen-bond acceptors (Lipinski definition) is 10. The molecule has 112 valence electrons. The summed E-state index contributed by atoms with van der Waals surface area (Å²) < 4.78 is 4.82. The zero-order valence-corrected chi connectivity index (χ0v) is 11.8. The molecule has 1 rings (SSSR count). The second-order valence-corrected chi connectivity index (χ2v) is 3.94. The number of aromatic nitrogens is 3. The van der Waals surface area contributed by atoms with Gasteiger partial charge in [0.1, 0.15) is 6.54 Å². The Hall–Kier alpha value is -2.20.